The van der Waals surface area contributed by atoms with Crippen LogP contribution in [0.25, 0.3) is 0 Å². The monoisotopic (exact) mass is 298 g/mol. The van der Waals surface area contributed by atoms with Crippen molar-refractivity contribution in [3.8, 4) is 5.75 Å². The number of aryl methyl sites for hydroxylation is 1. The SMILES string of the molecule is Cc1cc(Br)c(O)c(Br)c1Cl. The summed E-state index contributed by atoms with van der Waals surface area (Å²) in [5, 5.41) is 9.88. The van der Waals surface area contributed by atoms with Gasteiger partial charge in [0.25, 0.3) is 0 Å². The first kappa shape index (κ1) is 9.36. The molecular formula is C7H5Br2ClO. The Kier molecular flexibility index (Phi) is 2.84. The zero-order chi connectivity index (χ0) is 8.59. The Labute approximate surface area is 86.6 Å². The van der Waals surface area contributed by atoms with Crippen LogP contribution < -0.4 is 0 Å². The van der Waals surface area contributed by atoms with E-state index in [1.165, 1.54) is 0 Å². The van der Waals surface area contributed by atoms with E-state index in [0.717, 1.165) is 5.56 Å². The predicted molar refractivity (Wildman–Crippen MR) is 53.3 cm³/mol. The molecule has 0 unspecified atom stereocenters. The van der Waals surface area contributed by atoms with Gasteiger partial charge in [-0.2, -0.15) is 0 Å². The lowest BCUT2D eigenvalue weighted by atomic mass is 10.2. The van der Waals surface area contributed by atoms with Gasteiger partial charge in [0.05, 0.1) is 14.0 Å². The third-order valence-electron chi connectivity index (χ3n) is 1.32. The van der Waals surface area contributed by atoms with Crippen LogP contribution in [0.2, 0.25) is 5.02 Å². The van der Waals surface area contributed by atoms with Crippen LogP contribution in [-0.4, -0.2) is 5.11 Å². The molecule has 0 spiro atoms. The van der Waals surface area contributed by atoms with Crippen LogP contribution in [0.1, 0.15) is 5.56 Å². The van der Waals surface area contributed by atoms with Gasteiger partial charge in [0.2, 0.25) is 0 Å². The molecule has 60 valence electrons. The molecule has 0 bridgehead atoms. The van der Waals surface area contributed by atoms with Gasteiger partial charge in [0, 0.05) is 0 Å². The number of halogens is 3. The number of hydrogen-bond donors (Lipinski definition) is 1. The molecule has 0 heterocycles. The Morgan fingerprint density at radius 3 is 2.55 bits per heavy atom. The summed E-state index contributed by atoms with van der Waals surface area (Å²) in [4.78, 5) is 0. The van der Waals surface area contributed by atoms with E-state index >= 15 is 0 Å². The van der Waals surface area contributed by atoms with Gasteiger partial charge in [-0.15, -0.1) is 0 Å². The summed E-state index contributed by atoms with van der Waals surface area (Å²) < 4.78 is 1.18. The maximum absolute atomic E-state index is 9.33. The molecule has 0 saturated heterocycles. The van der Waals surface area contributed by atoms with Crippen molar-refractivity contribution in [3.05, 3.63) is 25.6 Å². The van der Waals surface area contributed by atoms with Crippen LogP contribution in [0.3, 0.4) is 0 Å². The third-order valence-corrected chi connectivity index (χ3v) is 3.41. The van der Waals surface area contributed by atoms with Crippen LogP contribution in [0.5, 0.6) is 5.75 Å². The minimum absolute atomic E-state index is 0.139. The Bertz CT molecular complexity index is 273. The van der Waals surface area contributed by atoms with Crippen LogP contribution in [0.4, 0.5) is 0 Å². The molecule has 1 N–H and O–H groups in total. The summed E-state index contributed by atoms with van der Waals surface area (Å²) >= 11 is 12.2. The average molecular weight is 300 g/mol. The van der Waals surface area contributed by atoms with Gasteiger partial charge in [-0.3, -0.25) is 0 Å². The van der Waals surface area contributed by atoms with Gasteiger partial charge in [-0.1, -0.05) is 11.6 Å². The van der Waals surface area contributed by atoms with Crippen molar-refractivity contribution in [2.45, 2.75) is 6.92 Å². The number of aromatic hydroxyl groups is 1. The molecule has 1 nitrogen and oxygen atoms in total. The van der Waals surface area contributed by atoms with Crippen LogP contribution in [-0.2, 0) is 0 Å². The Hall–Kier alpha value is 0.270. The first-order valence-corrected chi connectivity index (χ1v) is 4.83. The molecule has 4 heteroatoms. The summed E-state index contributed by atoms with van der Waals surface area (Å²) in [5.74, 6) is 0.139. The molecule has 1 aromatic carbocycles. The quantitative estimate of drug-likeness (QED) is 0.721. The molecule has 0 fully saturated rings. The van der Waals surface area contributed by atoms with Gasteiger partial charge in [-0.05, 0) is 50.4 Å². The summed E-state index contributed by atoms with van der Waals surface area (Å²) in [7, 11) is 0. The molecule has 0 amide bonds. The molecule has 0 aliphatic heterocycles. The van der Waals surface area contributed by atoms with E-state index < -0.39 is 0 Å². The van der Waals surface area contributed by atoms with Gasteiger partial charge >= 0.3 is 0 Å². The molecule has 0 saturated carbocycles. The molecular weight excluding hydrogens is 295 g/mol. The number of hydrogen-bond acceptors (Lipinski definition) is 1. The first-order valence-electron chi connectivity index (χ1n) is 2.87. The zero-order valence-electron chi connectivity index (χ0n) is 5.66. The molecule has 1 rings (SSSR count). The van der Waals surface area contributed by atoms with Gasteiger partial charge in [-0.25, -0.2) is 0 Å². The fourth-order valence-electron chi connectivity index (χ4n) is 0.704. The summed E-state index contributed by atoms with van der Waals surface area (Å²) in [6, 6.07) is 1.77. The van der Waals surface area contributed by atoms with Crippen molar-refractivity contribution in [2.24, 2.45) is 0 Å². The topological polar surface area (TPSA) is 20.2 Å². The van der Waals surface area contributed by atoms with E-state index in [-0.39, 0.29) is 5.75 Å². The Balaban J connectivity index is 3.46. The van der Waals surface area contributed by atoms with Crippen molar-refractivity contribution >= 4 is 43.5 Å². The lowest BCUT2D eigenvalue weighted by Gasteiger charge is -2.04. The van der Waals surface area contributed by atoms with E-state index in [9.17, 15) is 5.11 Å². The van der Waals surface area contributed by atoms with Crippen LogP contribution in [0, 0.1) is 6.92 Å². The first-order chi connectivity index (χ1) is 5.04. The highest BCUT2D eigenvalue weighted by molar-refractivity contribution is 9.11. The summed E-state index contributed by atoms with van der Waals surface area (Å²) in [5.41, 5.74) is 0.920. The van der Waals surface area contributed by atoms with Gasteiger partial charge in [0.15, 0.2) is 0 Å². The highest BCUT2D eigenvalue weighted by Gasteiger charge is 2.09. The Morgan fingerprint density at radius 2 is 2.00 bits per heavy atom. The standard InChI is InChI=1S/C7H5Br2ClO/c1-3-2-4(8)7(11)5(9)6(3)10/h2,11H,1H3. The summed E-state index contributed by atoms with van der Waals surface area (Å²) in [6.07, 6.45) is 0. The Morgan fingerprint density at radius 1 is 1.45 bits per heavy atom. The van der Waals surface area contributed by atoms with Gasteiger partial charge in [0.1, 0.15) is 5.75 Å². The second-order valence-electron chi connectivity index (χ2n) is 2.15. The highest BCUT2D eigenvalue weighted by atomic mass is 79.9. The molecule has 0 radical (unpaired) electrons. The van der Waals surface area contributed by atoms with Crippen LogP contribution in [0.15, 0.2) is 15.0 Å². The van der Waals surface area contributed by atoms with E-state index in [2.05, 4.69) is 31.9 Å². The number of phenolic OH excluding ortho intramolecular Hbond substituents is 1. The van der Waals surface area contributed by atoms with Crippen molar-refractivity contribution < 1.29 is 5.11 Å². The fraction of sp³-hybridized carbons (Fsp3) is 0.143. The second kappa shape index (κ2) is 3.33. The van der Waals surface area contributed by atoms with E-state index in [0.29, 0.717) is 14.0 Å². The third kappa shape index (κ3) is 1.71. The predicted octanol–water partition coefficient (Wildman–Crippen LogP) is 3.88. The molecule has 0 aromatic heterocycles. The second-order valence-corrected chi connectivity index (χ2v) is 4.18. The zero-order valence-corrected chi connectivity index (χ0v) is 9.59. The number of benzene rings is 1. The fourth-order valence-corrected chi connectivity index (χ4v) is 2.18. The smallest absolute Gasteiger partial charge is 0.145 e. The van der Waals surface area contributed by atoms with E-state index in [4.69, 9.17) is 11.6 Å². The van der Waals surface area contributed by atoms with Crippen molar-refractivity contribution in [1.29, 1.82) is 0 Å². The molecule has 11 heavy (non-hydrogen) atoms. The van der Waals surface area contributed by atoms with Crippen molar-refractivity contribution in [1.82, 2.24) is 0 Å². The minimum Gasteiger partial charge on any atom is -0.506 e. The maximum atomic E-state index is 9.33. The van der Waals surface area contributed by atoms with E-state index in [1.54, 1.807) is 6.07 Å². The van der Waals surface area contributed by atoms with Crippen LogP contribution >= 0.6 is 43.5 Å². The normalized spacial score (nSPS) is 10.2. The summed E-state index contributed by atoms with van der Waals surface area (Å²) in [6.45, 7) is 1.87. The van der Waals surface area contributed by atoms with Gasteiger partial charge < -0.3 is 5.11 Å². The molecule has 0 aliphatic rings. The van der Waals surface area contributed by atoms with E-state index in [1.807, 2.05) is 6.92 Å². The number of rotatable bonds is 0. The maximum Gasteiger partial charge on any atom is 0.145 e. The molecule has 0 atom stereocenters. The average Bonchev–Trinajstić information content (AvgIpc) is 1.97. The van der Waals surface area contributed by atoms with Crippen molar-refractivity contribution in [3.63, 3.8) is 0 Å². The lowest BCUT2D eigenvalue weighted by molar-refractivity contribution is 0.468. The molecule has 0 aliphatic carbocycles. The number of phenols is 1. The largest absolute Gasteiger partial charge is 0.506 e. The molecule has 1 aromatic rings. The lowest BCUT2D eigenvalue weighted by Crippen LogP contribution is -1.79. The minimum atomic E-state index is 0.139. The van der Waals surface area contributed by atoms with Crippen molar-refractivity contribution in [2.75, 3.05) is 0 Å². The highest BCUT2D eigenvalue weighted by Crippen LogP contribution is 2.39.